The number of hydrogen-bond donors (Lipinski definition) is 1. The van der Waals surface area contributed by atoms with Gasteiger partial charge in [-0.25, -0.2) is 14.6 Å². The van der Waals surface area contributed by atoms with Gasteiger partial charge in [-0.2, -0.15) is 0 Å². The van der Waals surface area contributed by atoms with E-state index in [4.69, 9.17) is 4.74 Å². The topological polar surface area (TPSA) is 112 Å². The van der Waals surface area contributed by atoms with Gasteiger partial charge in [-0.1, -0.05) is 11.1 Å². The number of nitrogens with zero attached hydrogens (tertiary/aromatic N) is 2. The Morgan fingerprint density at radius 2 is 2.12 bits per heavy atom. The Morgan fingerprint density at radius 3 is 2.79 bits per heavy atom. The zero-order valence-electron chi connectivity index (χ0n) is 13.4. The summed E-state index contributed by atoms with van der Waals surface area (Å²) in [5, 5.41) is 14.9. The number of fused-ring (bicyclic) bond motifs is 1. The summed E-state index contributed by atoms with van der Waals surface area (Å²) in [6, 6.07) is 0. The molecule has 9 heteroatoms. The second-order valence-electron chi connectivity index (χ2n) is 5.54. The Bertz CT molecular complexity index is 861. The van der Waals surface area contributed by atoms with Crippen LogP contribution in [-0.2, 0) is 24.6 Å². The molecule has 0 fully saturated rings. The van der Waals surface area contributed by atoms with E-state index in [2.05, 4.69) is 14.8 Å². The quantitative estimate of drug-likeness (QED) is 0.282. The van der Waals surface area contributed by atoms with Crippen molar-refractivity contribution in [3.8, 4) is 0 Å². The molecule has 3 rings (SSSR count). The first-order valence-corrected chi connectivity index (χ1v) is 8.41. The Balaban J connectivity index is 2.12. The monoisotopic (exact) mass is 351 g/mol. The second-order valence-corrected chi connectivity index (χ2v) is 6.63. The van der Waals surface area contributed by atoms with Crippen LogP contribution in [0.4, 0.5) is 5.00 Å². The van der Waals surface area contributed by atoms with Crippen LogP contribution >= 0.6 is 11.3 Å². The predicted molar refractivity (Wildman–Crippen MR) is 83.6 cm³/mol. The normalized spacial score (nSPS) is 15.0. The number of esters is 1. The summed E-state index contributed by atoms with van der Waals surface area (Å²) in [7, 11) is 2.77. The third-order valence-electron chi connectivity index (χ3n) is 4.00. The molecule has 0 saturated carbocycles. The van der Waals surface area contributed by atoms with Crippen molar-refractivity contribution in [2.45, 2.75) is 32.1 Å². The smallest absolute Gasteiger partial charge is 0.435 e. The number of aryl methyl sites for hydroxylation is 2. The van der Waals surface area contributed by atoms with Crippen LogP contribution in [0, 0.1) is 0 Å². The lowest BCUT2D eigenvalue weighted by molar-refractivity contribution is -0.742. The maximum atomic E-state index is 12.3. The summed E-state index contributed by atoms with van der Waals surface area (Å²) in [6.07, 6.45) is 4.75. The molecule has 0 unspecified atom stereocenters. The van der Waals surface area contributed by atoms with Crippen molar-refractivity contribution < 1.29 is 23.8 Å². The van der Waals surface area contributed by atoms with Crippen molar-refractivity contribution in [2.24, 2.45) is 12.0 Å². The van der Waals surface area contributed by atoms with Crippen molar-refractivity contribution in [1.29, 1.82) is 0 Å². The Morgan fingerprint density at radius 1 is 1.38 bits per heavy atom. The third kappa shape index (κ3) is 2.86. The molecule has 0 atom stereocenters. The van der Waals surface area contributed by atoms with Crippen LogP contribution < -0.4 is 15.4 Å². The maximum Gasteiger partial charge on any atom is 0.435 e. The molecule has 1 N–H and O–H groups in total. The summed E-state index contributed by atoms with van der Waals surface area (Å²) in [5.74, 6) is -1.26. The van der Waals surface area contributed by atoms with Gasteiger partial charge >= 0.3 is 17.3 Å². The molecule has 0 radical (unpaired) electrons. The van der Waals surface area contributed by atoms with Gasteiger partial charge in [0.05, 0.1) is 18.6 Å². The van der Waals surface area contributed by atoms with Crippen LogP contribution in [0.15, 0.2) is 14.3 Å². The second kappa shape index (κ2) is 6.60. The number of rotatable bonds is 3. The maximum absolute atomic E-state index is 12.3. The molecule has 1 aliphatic carbocycles. The van der Waals surface area contributed by atoms with Gasteiger partial charge in [0.15, 0.2) is 7.05 Å². The van der Waals surface area contributed by atoms with Crippen molar-refractivity contribution in [2.75, 3.05) is 7.11 Å². The third-order valence-corrected chi connectivity index (χ3v) is 5.19. The molecule has 2 aromatic rings. The van der Waals surface area contributed by atoms with Gasteiger partial charge in [-0.3, -0.25) is 4.52 Å². The van der Waals surface area contributed by atoms with E-state index in [9.17, 15) is 14.7 Å². The Kier molecular flexibility index (Phi) is 4.52. The largest absolute Gasteiger partial charge is 0.854 e. The summed E-state index contributed by atoms with van der Waals surface area (Å²) in [5.41, 5.74) is 0.232. The number of aromatic nitrogens is 2. The number of thiophene rings is 1. The molecular weight excluding hydrogens is 334 g/mol. The number of carbonyl (C=O) groups excluding carboxylic acids is 1. The first-order valence-electron chi connectivity index (χ1n) is 7.59. The van der Waals surface area contributed by atoms with Gasteiger partial charge in [0, 0.05) is 4.88 Å². The molecule has 0 spiro atoms. The van der Waals surface area contributed by atoms with Gasteiger partial charge in [0.25, 0.3) is 0 Å². The minimum Gasteiger partial charge on any atom is -0.854 e. The molecule has 0 bridgehead atoms. The first-order chi connectivity index (χ1) is 11.5. The number of aromatic amines is 1. The SMILES string of the molecule is COC(=O)c1c(/N=C(\[O-])c2c(=O)o[nH][n+]2C)sc2c1CCCCC2. The summed E-state index contributed by atoms with van der Waals surface area (Å²) in [4.78, 5) is 28.9. The molecule has 0 aromatic carbocycles. The summed E-state index contributed by atoms with van der Waals surface area (Å²) < 4.78 is 10.6. The van der Waals surface area contributed by atoms with E-state index in [1.807, 2.05) is 0 Å². The Hall–Kier alpha value is -2.42. The van der Waals surface area contributed by atoms with Crippen molar-refractivity contribution >= 4 is 28.2 Å². The number of methoxy groups -OCH3 is 1. The molecule has 0 aliphatic heterocycles. The predicted octanol–water partition coefficient (Wildman–Crippen LogP) is 0.348. The zero-order chi connectivity index (χ0) is 17.3. The highest BCUT2D eigenvalue weighted by Gasteiger charge is 2.26. The van der Waals surface area contributed by atoms with Crippen LogP contribution in [-0.4, -0.2) is 24.2 Å². The number of aliphatic imine (C=N–C) groups is 1. The van der Waals surface area contributed by atoms with Crippen molar-refractivity contribution in [3.63, 3.8) is 0 Å². The highest BCUT2D eigenvalue weighted by atomic mass is 32.1. The van der Waals surface area contributed by atoms with Gasteiger partial charge in [-0.15, -0.1) is 11.3 Å². The standard InChI is InChI=1S/C15H17N3O5S/c1-18-11(15(21)23-17-18)12(19)16-13-10(14(20)22-2)8-6-4-3-5-7-9(8)24-13/h3-7H2,1-2H3,(H-,16,17,19,20,21). The summed E-state index contributed by atoms with van der Waals surface area (Å²) in [6.45, 7) is 0. The minimum atomic E-state index is -0.802. The van der Waals surface area contributed by atoms with E-state index < -0.39 is 17.5 Å². The molecule has 8 nitrogen and oxygen atoms in total. The fourth-order valence-electron chi connectivity index (χ4n) is 2.84. The van der Waals surface area contributed by atoms with Crippen LogP contribution in [0.1, 0.15) is 45.8 Å². The van der Waals surface area contributed by atoms with E-state index in [0.29, 0.717) is 10.6 Å². The Labute approximate surface area is 141 Å². The molecule has 0 amide bonds. The lowest BCUT2D eigenvalue weighted by atomic mass is 10.1. The van der Waals surface area contributed by atoms with Crippen LogP contribution in [0.25, 0.3) is 0 Å². The van der Waals surface area contributed by atoms with Gasteiger partial charge < -0.3 is 9.84 Å². The van der Waals surface area contributed by atoms with Gasteiger partial charge in [-0.05, 0) is 36.5 Å². The average molecular weight is 351 g/mol. The molecule has 0 saturated heterocycles. The van der Waals surface area contributed by atoms with Crippen LogP contribution in [0.5, 0.6) is 0 Å². The molecular formula is C15H17N3O5S. The lowest BCUT2D eigenvalue weighted by Gasteiger charge is -2.05. The molecule has 128 valence electrons. The number of nitrogens with one attached hydrogen (secondary N) is 1. The number of ether oxygens (including phenoxy) is 1. The van der Waals surface area contributed by atoms with E-state index in [1.165, 1.54) is 25.5 Å². The highest BCUT2D eigenvalue weighted by Crippen LogP contribution is 2.39. The fourth-order valence-corrected chi connectivity index (χ4v) is 4.08. The van der Waals surface area contributed by atoms with Crippen molar-refractivity contribution in [3.05, 3.63) is 32.1 Å². The summed E-state index contributed by atoms with van der Waals surface area (Å²) >= 11 is 1.32. The van der Waals surface area contributed by atoms with E-state index in [-0.39, 0.29) is 5.69 Å². The molecule has 24 heavy (non-hydrogen) atoms. The van der Waals surface area contributed by atoms with E-state index >= 15 is 0 Å². The number of carbonyl (C=O) groups is 1. The van der Waals surface area contributed by atoms with E-state index in [0.717, 1.165) is 47.2 Å². The fraction of sp³-hybridized carbons (Fsp3) is 0.467. The van der Waals surface area contributed by atoms with Crippen LogP contribution in [0.3, 0.4) is 0 Å². The van der Waals surface area contributed by atoms with Gasteiger partial charge in [0.2, 0.25) is 0 Å². The van der Waals surface area contributed by atoms with Gasteiger partial charge in [0.1, 0.15) is 5.00 Å². The first kappa shape index (κ1) is 16.4. The lowest BCUT2D eigenvalue weighted by Crippen LogP contribution is -2.43. The van der Waals surface area contributed by atoms with Crippen LogP contribution in [0.2, 0.25) is 0 Å². The minimum absolute atomic E-state index is 0.227. The zero-order valence-corrected chi connectivity index (χ0v) is 14.2. The number of H-pyrrole nitrogens is 1. The highest BCUT2D eigenvalue weighted by molar-refractivity contribution is 7.16. The van der Waals surface area contributed by atoms with E-state index in [1.54, 1.807) is 0 Å². The molecule has 1 aliphatic rings. The number of hydrogen-bond acceptors (Lipinski definition) is 7. The molecule has 2 heterocycles. The average Bonchev–Trinajstić information content (AvgIpc) is 2.97. The van der Waals surface area contributed by atoms with Crippen molar-refractivity contribution in [1.82, 2.24) is 5.27 Å². The molecule has 2 aromatic heterocycles.